The first-order valence-corrected chi connectivity index (χ1v) is 4.97. The number of hydrogen-bond donors (Lipinski definition) is 0. The Kier molecular flexibility index (Phi) is 2.41. The molecule has 0 aromatic carbocycles. The van der Waals surface area contributed by atoms with E-state index in [2.05, 4.69) is 0 Å². The molecular weight excluding hydrogens is 243 g/mol. The zero-order valence-corrected chi connectivity index (χ0v) is 7.76. The van der Waals surface area contributed by atoms with Gasteiger partial charge in [0.2, 0.25) is 0 Å². The predicted molar refractivity (Wildman–Crippen MR) is 37.9 cm³/mol. The molecule has 15 heavy (non-hydrogen) atoms. The summed E-state index contributed by atoms with van der Waals surface area (Å²) in [5.74, 6) is -3.62. The molecule has 0 bridgehead atoms. The number of rotatable bonds is 1. The minimum absolute atomic E-state index is 0.794. The van der Waals surface area contributed by atoms with Crippen molar-refractivity contribution in [3.05, 3.63) is 5.21 Å². The first-order valence-electron chi connectivity index (χ1n) is 3.53. The van der Waals surface area contributed by atoms with Crippen molar-refractivity contribution in [1.82, 2.24) is 0 Å². The van der Waals surface area contributed by atoms with Crippen LogP contribution in [-0.2, 0) is 19.6 Å². The van der Waals surface area contributed by atoms with Gasteiger partial charge in [-0.25, -0.2) is 9.59 Å². The van der Waals surface area contributed by atoms with E-state index < -0.39 is 44.2 Å². The van der Waals surface area contributed by atoms with Crippen LogP contribution in [0.3, 0.4) is 0 Å². The highest BCUT2D eigenvalue weighted by Gasteiger charge is 2.65. The largest absolute Gasteiger partial charge is 0.601 e. The van der Waals surface area contributed by atoms with E-state index in [-0.39, 0.29) is 0 Å². The third-order valence-electron chi connectivity index (χ3n) is 1.84. The van der Waals surface area contributed by atoms with Gasteiger partial charge in [0.15, 0.2) is 0 Å². The number of quaternary nitrogens is 1. The molecule has 1 aliphatic rings. The van der Waals surface area contributed by atoms with Crippen molar-refractivity contribution in [3.8, 4) is 0 Å². The maximum atomic E-state index is 12.0. The number of hydrogen-bond acceptors (Lipinski definition) is 5. The average Bonchev–Trinajstić information content (AvgIpc) is 2.32. The van der Waals surface area contributed by atoms with Gasteiger partial charge in [0.1, 0.15) is 0 Å². The third kappa shape index (κ3) is 1.36. The van der Waals surface area contributed by atoms with Crippen molar-refractivity contribution < 1.29 is 35.2 Å². The summed E-state index contributed by atoms with van der Waals surface area (Å²) >= 11 is 0. The Morgan fingerprint density at radius 2 is 1.47 bits per heavy atom. The van der Waals surface area contributed by atoms with Crippen LogP contribution in [0.15, 0.2) is 0 Å². The van der Waals surface area contributed by atoms with E-state index in [9.17, 15) is 36.4 Å². The molecule has 10 heteroatoms. The lowest BCUT2D eigenvalue weighted by atomic mass is 10.4. The van der Waals surface area contributed by atoms with Crippen LogP contribution in [0, 0.1) is 5.21 Å². The summed E-state index contributed by atoms with van der Waals surface area (Å²) < 4.78 is 53.8. The fourth-order valence-corrected chi connectivity index (χ4v) is 2.07. The summed E-state index contributed by atoms with van der Waals surface area (Å²) in [7, 11) is -6.39. The lowest BCUT2D eigenvalue weighted by Crippen LogP contribution is -2.56. The van der Waals surface area contributed by atoms with Gasteiger partial charge >= 0.3 is 27.3 Å². The van der Waals surface area contributed by atoms with E-state index in [0.717, 1.165) is 0 Å². The molecule has 1 rings (SSSR count). The smallest absolute Gasteiger partial charge is 0.550 e. The van der Waals surface area contributed by atoms with Gasteiger partial charge in [-0.3, -0.25) is 0 Å². The van der Waals surface area contributed by atoms with Crippen LogP contribution in [0.1, 0.15) is 12.8 Å². The van der Waals surface area contributed by atoms with E-state index in [4.69, 9.17) is 0 Å². The molecule has 86 valence electrons. The molecule has 0 unspecified atom stereocenters. The molecule has 6 nitrogen and oxygen atoms in total. The summed E-state index contributed by atoms with van der Waals surface area (Å²) in [4.78, 5) is 21.5. The zero-order valence-electron chi connectivity index (χ0n) is 6.94. The second kappa shape index (κ2) is 3.00. The van der Waals surface area contributed by atoms with Crippen molar-refractivity contribution in [1.29, 1.82) is 0 Å². The molecule has 1 aliphatic heterocycles. The second-order valence-corrected chi connectivity index (χ2v) is 4.69. The van der Waals surface area contributed by atoms with Crippen LogP contribution in [0.25, 0.3) is 0 Å². The summed E-state index contributed by atoms with van der Waals surface area (Å²) in [5.41, 5.74) is -5.93. The Morgan fingerprint density at radius 1 is 1.13 bits per heavy atom. The summed E-state index contributed by atoms with van der Waals surface area (Å²) in [6, 6.07) is 0. The SMILES string of the molecule is O=C1CCC(=O)[N+]1([O-])S(=O)(=O)C(F)(F)F. The Bertz CT molecular complexity index is 408. The number of amides is 2. The highest BCUT2D eigenvalue weighted by Crippen LogP contribution is 2.36. The number of carbonyl (C=O) groups excluding carboxylic acids is 2. The Labute approximate surface area is 81.5 Å². The van der Waals surface area contributed by atoms with Gasteiger partial charge < -0.3 is 5.21 Å². The molecule has 1 saturated heterocycles. The standard InChI is InChI=1S/C5H4F3NO5S/c6-5(7,8)15(13,14)9(12)3(10)1-2-4(9)11/h1-2H2. The van der Waals surface area contributed by atoms with E-state index in [1.807, 2.05) is 0 Å². The Balaban J connectivity index is 3.41. The summed E-state index contributed by atoms with van der Waals surface area (Å²) in [6.07, 6.45) is -1.59. The molecule has 0 atom stereocenters. The molecule has 1 fully saturated rings. The molecule has 0 aromatic heterocycles. The van der Waals surface area contributed by atoms with Gasteiger partial charge in [-0.1, -0.05) is 0 Å². The molecule has 0 N–H and O–H groups in total. The van der Waals surface area contributed by atoms with Crippen molar-refractivity contribution in [3.63, 3.8) is 0 Å². The van der Waals surface area contributed by atoms with Crippen LogP contribution < -0.4 is 0 Å². The molecule has 1 heterocycles. The highest BCUT2D eigenvalue weighted by atomic mass is 32.2. The normalized spacial score (nSPS) is 22.1. The second-order valence-electron chi connectivity index (χ2n) is 2.76. The number of nitrogens with zero attached hydrogens (tertiary/aromatic N) is 1. The van der Waals surface area contributed by atoms with Gasteiger partial charge in [-0.2, -0.15) is 21.6 Å². The first kappa shape index (κ1) is 12.1. The lowest BCUT2D eigenvalue weighted by Gasteiger charge is -2.30. The summed E-state index contributed by atoms with van der Waals surface area (Å²) in [6.45, 7) is 0. The summed E-state index contributed by atoms with van der Waals surface area (Å²) in [5, 5.41) is 11.2. The highest BCUT2D eigenvalue weighted by molar-refractivity contribution is 7.87. The minimum Gasteiger partial charge on any atom is -0.601 e. The molecule has 0 aliphatic carbocycles. The fraction of sp³-hybridized carbons (Fsp3) is 0.600. The maximum Gasteiger partial charge on any atom is 0.550 e. The lowest BCUT2D eigenvalue weighted by molar-refractivity contribution is -0.588. The van der Waals surface area contributed by atoms with Gasteiger partial charge in [-0.15, -0.1) is 4.05 Å². The van der Waals surface area contributed by atoms with E-state index >= 15 is 0 Å². The number of carbonyl (C=O) groups is 2. The number of hydroxylamine groups is 2. The molecule has 2 amide bonds. The van der Waals surface area contributed by atoms with Crippen LogP contribution in [-0.4, -0.2) is 29.8 Å². The fourth-order valence-electron chi connectivity index (χ4n) is 1.06. The van der Waals surface area contributed by atoms with Crippen LogP contribution in [0.5, 0.6) is 0 Å². The van der Waals surface area contributed by atoms with Crippen molar-refractivity contribution in [2.24, 2.45) is 0 Å². The predicted octanol–water partition coefficient (Wildman–Crippen LogP) is -0.00240. The first-order chi connectivity index (χ1) is 6.55. The molecule has 0 aromatic rings. The number of halogens is 3. The maximum absolute atomic E-state index is 12.0. The van der Waals surface area contributed by atoms with Gasteiger partial charge in [-0.05, 0) is 0 Å². The number of alkyl halides is 3. The Hall–Kier alpha value is -1.00. The van der Waals surface area contributed by atoms with Gasteiger partial charge in [0.05, 0.1) is 12.8 Å². The van der Waals surface area contributed by atoms with Crippen molar-refractivity contribution in [2.45, 2.75) is 18.3 Å². The van der Waals surface area contributed by atoms with Crippen LogP contribution >= 0.6 is 0 Å². The molecule has 0 saturated carbocycles. The topological polar surface area (TPSA) is 91.3 Å². The van der Waals surface area contributed by atoms with Crippen LogP contribution in [0.4, 0.5) is 13.2 Å². The van der Waals surface area contributed by atoms with E-state index in [0.29, 0.717) is 0 Å². The average molecular weight is 247 g/mol. The van der Waals surface area contributed by atoms with Gasteiger partial charge in [0.25, 0.3) is 0 Å². The molecule has 0 radical (unpaired) electrons. The van der Waals surface area contributed by atoms with Crippen LogP contribution in [0.2, 0.25) is 0 Å². The number of imide groups is 1. The van der Waals surface area contributed by atoms with Gasteiger partial charge in [0, 0.05) is 0 Å². The monoisotopic (exact) mass is 247 g/mol. The third-order valence-corrected chi connectivity index (χ3v) is 3.51. The van der Waals surface area contributed by atoms with E-state index in [1.165, 1.54) is 0 Å². The molecular formula is C5H4F3NO5S. The zero-order chi connectivity index (χ0) is 12.1. The minimum atomic E-state index is -6.39. The Morgan fingerprint density at radius 3 is 1.73 bits per heavy atom. The quantitative estimate of drug-likeness (QED) is 0.369. The van der Waals surface area contributed by atoms with E-state index in [1.54, 1.807) is 0 Å². The number of sulfonamides is 1. The van der Waals surface area contributed by atoms with Crippen molar-refractivity contribution in [2.75, 3.05) is 0 Å². The van der Waals surface area contributed by atoms with Crippen molar-refractivity contribution >= 4 is 21.8 Å². The molecule has 0 spiro atoms.